The van der Waals surface area contributed by atoms with Crippen LogP contribution in [0.4, 0.5) is 10.2 Å². The number of aromatic nitrogens is 2. The van der Waals surface area contributed by atoms with Crippen molar-refractivity contribution in [2.45, 2.75) is 0 Å². The summed E-state index contributed by atoms with van der Waals surface area (Å²) >= 11 is 9.63. The molecule has 0 amide bonds. The Morgan fingerprint density at radius 1 is 1.14 bits per heavy atom. The van der Waals surface area contributed by atoms with Crippen LogP contribution in [0.5, 0.6) is 0 Å². The van der Waals surface area contributed by atoms with Crippen LogP contribution in [0.1, 0.15) is 0 Å². The molecular formula is C15H10BrClFN3. The lowest BCUT2D eigenvalue weighted by Crippen LogP contribution is -1.99. The van der Waals surface area contributed by atoms with Gasteiger partial charge in [0.1, 0.15) is 11.6 Å². The summed E-state index contributed by atoms with van der Waals surface area (Å²) < 4.78 is 14.3. The molecule has 0 spiro atoms. The smallest absolute Gasteiger partial charge is 0.163 e. The Labute approximate surface area is 134 Å². The van der Waals surface area contributed by atoms with Crippen molar-refractivity contribution >= 4 is 44.3 Å². The maximum atomic E-state index is 13.4. The molecule has 106 valence electrons. The van der Waals surface area contributed by atoms with E-state index in [2.05, 4.69) is 31.2 Å². The van der Waals surface area contributed by atoms with Crippen molar-refractivity contribution in [1.82, 2.24) is 9.97 Å². The molecule has 0 fully saturated rings. The molecule has 0 atom stereocenters. The summed E-state index contributed by atoms with van der Waals surface area (Å²) in [6, 6.07) is 9.89. The highest BCUT2D eigenvalue weighted by Crippen LogP contribution is 2.31. The van der Waals surface area contributed by atoms with Gasteiger partial charge in [0.25, 0.3) is 0 Å². The predicted molar refractivity (Wildman–Crippen MR) is 87.2 cm³/mol. The molecule has 1 heterocycles. The Balaban J connectivity index is 2.29. The van der Waals surface area contributed by atoms with Crippen molar-refractivity contribution in [3.05, 3.63) is 51.7 Å². The molecule has 1 aromatic heterocycles. The van der Waals surface area contributed by atoms with Crippen molar-refractivity contribution in [2.75, 3.05) is 12.4 Å². The summed E-state index contributed by atoms with van der Waals surface area (Å²) in [5, 5.41) is 4.16. The molecule has 0 aliphatic heterocycles. The highest BCUT2D eigenvalue weighted by Gasteiger charge is 2.12. The fourth-order valence-electron chi connectivity index (χ4n) is 2.08. The molecule has 3 rings (SSSR count). The number of fused-ring (bicyclic) bond motifs is 1. The van der Waals surface area contributed by atoms with Crippen LogP contribution < -0.4 is 5.32 Å². The number of nitrogens with one attached hydrogen (secondary N) is 1. The molecule has 6 heteroatoms. The maximum absolute atomic E-state index is 13.4. The summed E-state index contributed by atoms with van der Waals surface area (Å²) in [6.45, 7) is 0. The first kappa shape index (κ1) is 14.2. The molecule has 0 radical (unpaired) electrons. The number of anilines is 1. The van der Waals surface area contributed by atoms with Gasteiger partial charge in [0.2, 0.25) is 0 Å². The lowest BCUT2D eigenvalue weighted by Gasteiger charge is -2.09. The van der Waals surface area contributed by atoms with Crippen LogP contribution in [0.2, 0.25) is 5.02 Å². The molecule has 0 aliphatic carbocycles. The highest BCUT2D eigenvalue weighted by atomic mass is 79.9. The molecular weight excluding hydrogens is 357 g/mol. The van der Waals surface area contributed by atoms with Crippen LogP contribution in [-0.4, -0.2) is 17.0 Å². The van der Waals surface area contributed by atoms with Gasteiger partial charge in [-0.05, 0) is 36.4 Å². The Bertz CT molecular complexity index is 839. The van der Waals surface area contributed by atoms with E-state index in [0.717, 1.165) is 4.47 Å². The van der Waals surface area contributed by atoms with Crippen LogP contribution in [0.15, 0.2) is 40.9 Å². The standard InChI is InChI=1S/C15H10BrClFN3/c1-19-14-11-7-9(18)3-5-13(11)20-15(21-14)10-6-8(16)2-4-12(10)17/h2-7H,1H3,(H,19,20,21). The average Bonchev–Trinajstić information content (AvgIpc) is 2.48. The Morgan fingerprint density at radius 3 is 2.71 bits per heavy atom. The van der Waals surface area contributed by atoms with Crippen LogP contribution >= 0.6 is 27.5 Å². The normalized spacial score (nSPS) is 10.9. The lowest BCUT2D eigenvalue weighted by molar-refractivity contribution is 0.629. The van der Waals surface area contributed by atoms with E-state index in [1.54, 1.807) is 19.2 Å². The largest absolute Gasteiger partial charge is 0.373 e. The van der Waals surface area contributed by atoms with E-state index in [1.165, 1.54) is 12.1 Å². The van der Waals surface area contributed by atoms with Crippen molar-refractivity contribution in [3.8, 4) is 11.4 Å². The quantitative estimate of drug-likeness (QED) is 0.701. The van der Waals surface area contributed by atoms with Crippen LogP contribution in [0.25, 0.3) is 22.3 Å². The van der Waals surface area contributed by atoms with E-state index in [4.69, 9.17) is 11.6 Å². The zero-order chi connectivity index (χ0) is 15.0. The summed E-state index contributed by atoms with van der Waals surface area (Å²) in [5.41, 5.74) is 1.37. The van der Waals surface area contributed by atoms with Crippen molar-refractivity contribution < 1.29 is 4.39 Å². The second-order valence-corrected chi connectivity index (χ2v) is 5.75. The minimum atomic E-state index is -0.323. The minimum Gasteiger partial charge on any atom is -0.373 e. The maximum Gasteiger partial charge on any atom is 0.163 e. The van der Waals surface area contributed by atoms with Gasteiger partial charge in [-0.3, -0.25) is 0 Å². The van der Waals surface area contributed by atoms with E-state index >= 15 is 0 Å². The first-order valence-electron chi connectivity index (χ1n) is 6.19. The van der Waals surface area contributed by atoms with Crippen LogP contribution in [0.3, 0.4) is 0 Å². The summed E-state index contributed by atoms with van der Waals surface area (Å²) in [5.74, 6) is 0.728. The predicted octanol–water partition coefficient (Wildman–Crippen LogP) is 4.89. The van der Waals surface area contributed by atoms with Gasteiger partial charge in [0.05, 0.1) is 10.5 Å². The molecule has 0 bridgehead atoms. The van der Waals surface area contributed by atoms with Gasteiger partial charge in [-0.15, -0.1) is 0 Å². The number of nitrogens with zero attached hydrogens (tertiary/aromatic N) is 2. The first-order valence-corrected chi connectivity index (χ1v) is 7.36. The van der Waals surface area contributed by atoms with E-state index in [-0.39, 0.29) is 5.82 Å². The molecule has 21 heavy (non-hydrogen) atoms. The Kier molecular flexibility index (Phi) is 3.78. The molecule has 3 nitrogen and oxygen atoms in total. The van der Waals surface area contributed by atoms with E-state index in [0.29, 0.717) is 33.1 Å². The number of rotatable bonds is 2. The average molecular weight is 367 g/mol. The molecule has 3 aromatic rings. The van der Waals surface area contributed by atoms with E-state index in [9.17, 15) is 4.39 Å². The van der Waals surface area contributed by atoms with Gasteiger partial charge < -0.3 is 5.32 Å². The second kappa shape index (κ2) is 5.58. The van der Waals surface area contributed by atoms with Gasteiger partial charge in [0, 0.05) is 22.5 Å². The van der Waals surface area contributed by atoms with Crippen molar-refractivity contribution in [2.24, 2.45) is 0 Å². The van der Waals surface area contributed by atoms with E-state index < -0.39 is 0 Å². The summed E-state index contributed by atoms with van der Waals surface area (Å²) in [4.78, 5) is 8.91. The monoisotopic (exact) mass is 365 g/mol. The van der Waals surface area contributed by atoms with Gasteiger partial charge in [-0.1, -0.05) is 27.5 Å². The highest BCUT2D eigenvalue weighted by molar-refractivity contribution is 9.10. The van der Waals surface area contributed by atoms with Crippen molar-refractivity contribution in [1.29, 1.82) is 0 Å². The molecule has 0 unspecified atom stereocenters. The third-order valence-electron chi connectivity index (χ3n) is 3.06. The SMILES string of the molecule is CNc1nc(-c2cc(Br)ccc2Cl)nc2ccc(F)cc12. The lowest BCUT2D eigenvalue weighted by atomic mass is 10.1. The first-order chi connectivity index (χ1) is 10.1. The third-order valence-corrected chi connectivity index (χ3v) is 3.89. The molecule has 0 aliphatic rings. The minimum absolute atomic E-state index is 0.323. The zero-order valence-corrected chi connectivity index (χ0v) is 13.3. The van der Waals surface area contributed by atoms with Crippen LogP contribution in [-0.2, 0) is 0 Å². The number of hydrogen-bond donors (Lipinski definition) is 1. The Morgan fingerprint density at radius 2 is 1.95 bits per heavy atom. The fraction of sp³-hybridized carbons (Fsp3) is 0.0667. The van der Waals surface area contributed by atoms with E-state index in [1.807, 2.05) is 12.1 Å². The zero-order valence-electron chi connectivity index (χ0n) is 11.0. The summed E-state index contributed by atoms with van der Waals surface area (Å²) in [7, 11) is 1.74. The molecule has 2 aromatic carbocycles. The van der Waals surface area contributed by atoms with Crippen LogP contribution in [0, 0.1) is 5.82 Å². The second-order valence-electron chi connectivity index (χ2n) is 4.43. The van der Waals surface area contributed by atoms with Gasteiger partial charge in [-0.2, -0.15) is 0 Å². The molecule has 0 saturated heterocycles. The number of hydrogen-bond acceptors (Lipinski definition) is 3. The van der Waals surface area contributed by atoms with Gasteiger partial charge >= 0.3 is 0 Å². The van der Waals surface area contributed by atoms with Gasteiger partial charge in [0.15, 0.2) is 5.82 Å². The number of halogens is 3. The molecule has 0 saturated carbocycles. The van der Waals surface area contributed by atoms with Gasteiger partial charge in [-0.25, -0.2) is 14.4 Å². The fourth-order valence-corrected chi connectivity index (χ4v) is 2.64. The Hall–Kier alpha value is -1.72. The number of benzene rings is 2. The topological polar surface area (TPSA) is 37.8 Å². The summed E-state index contributed by atoms with van der Waals surface area (Å²) in [6.07, 6.45) is 0. The third kappa shape index (κ3) is 2.71. The van der Waals surface area contributed by atoms with Crippen molar-refractivity contribution in [3.63, 3.8) is 0 Å². The molecule has 1 N–H and O–H groups in total.